The Kier molecular flexibility index (Phi) is 8.25. The van der Waals surface area contributed by atoms with Gasteiger partial charge in [0.25, 0.3) is 5.91 Å². The third-order valence-electron chi connectivity index (χ3n) is 6.03. The van der Waals surface area contributed by atoms with Crippen molar-refractivity contribution < 1.29 is 14.3 Å². The summed E-state index contributed by atoms with van der Waals surface area (Å²) in [5.41, 5.74) is 5.16. The summed E-state index contributed by atoms with van der Waals surface area (Å²) in [5.74, 6) is 0.245. The fourth-order valence-electron chi connectivity index (χ4n) is 3.79. The van der Waals surface area contributed by atoms with Crippen molar-refractivity contribution in [3.8, 4) is 5.75 Å². The lowest BCUT2D eigenvalue weighted by molar-refractivity contribution is -0.142. The minimum absolute atomic E-state index is 0.140. The topological polar surface area (TPSA) is 58.6 Å². The monoisotopic (exact) mass is 444 g/mol. The number of aryl methyl sites for hydroxylation is 2. The predicted molar refractivity (Wildman–Crippen MR) is 131 cm³/mol. The summed E-state index contributed by atoms with van der Waals surface area (Å²) in [4.78, 5) is 28.1. The lowest BCUT2D eigenvalue weighted by Gasteiger charge is -2.31. The van der Waals surface area contributed by atoms with Crippen molar-refractivity contribution in [2.75, 3.05) is 13.7 Å². The van der Waals surface area contributed by atoms with Crippen molar-refractivity contribution in [1.29, 1.82) is 0 Å². The summed E-state index contributed by atoms with van der Waals surface area (Å²) in [6.07, 6.45) is 0.418. The molecule has 33 heavy (non-hydrogen) atoms. The summed E-state index contributed by atoms with van der Waals surface area (Å²) >= 11 is 0. The smallest absolute Gasteiger partial charge is 0.261 e. The number of hydrogen-bond donors (Lipinski definition) is 1. The van der Waals surface area contributed by atoms with Crippen LogP contribution in [0, 0.1) is 20.8 Å². The second-order valence-corrected chi connectivity index (χ2v) is 8.25. The molecule has 0 spiro atoms. The van der Waals surface area contributed by atoms with Gasteiger partial charge in [0.1, 0.15) is 11.8 Å². The van der Waals surface area contributed by atoms with Crippen molar-refractivity contribution in [2.24, 2.45) is 0 Å². The molecule has 1 atom stereocenters. The van der Waals surface area contributed by atoms with Crippen molar-refractivity contribution in [2.45, 2.75) is 39.8 Å². The Hall–Kier alpha value is -3.60. The van der Waals surface area contributed by atoms with E-state index in [1.165, 1.54) is 0 Å². The number of ether oxygens (including phenoxy) is 1. The van der Waals surface area contributed by atoms with Crippen molar-refractivity contribution in [3.63, 3.8) is 0 Å². The van der Waals surface area contributed by atoms with Gasteiger partial charge in [0.05, 0.1) is 0 Å². The van der Waals surface area contributed by atoms with Crippen LogP contribution in [0.1, 0.15) is 27.8 Å². The molecule has 0 radical (unpaired) electrons. The molecule has 0 aliphatic rings. The molecule has 1 N–H and O–H groups in total. The van der Waals surface area contributed by atoms with E-state index in [1.54, 1.807) is 11.9 Å². The molecule has 3 rings (SSSR count). The third-order valence-corrected chi connectivity index (χ3v) is 6.03. The molecule has 5 nitrogen and oxygen atoms in total. The summed E-state index contributed by atoms with van der Waals surface area (Å²) < 4.78 is 5.92. The van der Waals surface area contributed by atoms with Gasteiger partial charge in [-0.2, -0.15) is 0 Å². The third kappa shape index (κ3) is 6.22. The van der Waals surface area contributed by atoms with Crippen LogP contribution in [0.25, 0.3) is 0 Å². The highest BCUT2D eigenvalue weighted by atomic mass is 16.5. The first-order chi connectivity index (χ1) is 15.9. The maximum atomic E-state index is 13.5. The molecular weight excluding hydrogens is 412 g/mol. The quantitative estimate of drug-likeness (QED) is 0.533. The van der Waals surface area contributed by atoms with Gasteiger partial charge in [-0.25, -0.2) is 0 Å². The number of nitrogens with one attached hydrogen (secondary N) is 1. The lowest BCUT2D eigenvalue weighted by atomic mass is 10.0. The summed E-state index contributed by atoms with van der Waals surface area (Å²) in [5, 5.41) is 2.74. The average molecular weight is 445 g/mol. The first-order valence-corrected chi connectivity index (χ1v) is 11.2. The molecule has 0 aromatic heterocycles. The number of carbonyl (C=O) groups is 2. The van der Waals surface area contributed by atoms with E-state index in [9.17, 15) is 9.59 Å². The van der Waals surface area contributed by atoms with Crippen LogP contribution in [0.15, 0.2) is 72.8 Å². The Labute approximate surface area is 196 Å². The number of amides is 2. The Balaban J connectivity index is 1.90. The molecule has 5 heteroatoms. The minimum Gasteiger partial charge on any atom is -0.483 e. The predicted octanol–water partition coefficient (Wildman–Crippen LogP) is 4.38. The van der Waals surface area contributed by atoms with Crippen LogP contribution < -0.4 is 10.1 Å². The lowest BCUT2D eigenvalue weighted by Crippen LogP contribution is -2.51. The molecule has 3 aromatic rings. The Morgan fingerprint density at radius 1 is 0.879 bits per heavy atom. The van der Waals surface area contributed by atoms with E-state index < -0.39 is 6.04 Å². The molecule has 0 heterocycles. The van der Waals surface area contributed by atoms with Gasteiger partial charge >= 0.3 is 0 Å². The number of benzene rings is 3. The van der Waals surface area contributed by atoms with Crippen LogP contribution in [0.5, 0.6) is 5.75 Å². The number of nitrogens with zero attached hydrogens (tertiary/aromatic N) is 1. The highest BCUT2D eigenvalue weighted by Crippen LogP contribution is 2.22. The molecule has 0 aliphatic carbocycles. The molecule has 172 valence electrons. The largest absolute Gasteiger partial charge is 0.483 e. The molecule has 0 bridgehead atoms. The maximum absolute atomic E-state index is 13.5. The number of carbonyl (C=O) groups excluding carboxylic acids is 2. The highest BCUT2D eigenvalue weighted by Gasteiger charge is 2.30. The van der Waals surface area contributed by atoms with Gasteiger partial charge in [-0.3, -0.25) is 9.59 Å². The number of likely N-dealkylation sites (N-methyl/N-ethyl adjacent to an activating group) is 1. The zero-order valence-electron chi connectivity index (χ0n) is 19.8. The molecule has 0 aliphatic heterocycles. The second-order valence-electron chi connectivity index (χ2n) is 8.25. The minimum atomic E-state index is -0.660. The number of hydrogen-bond acceptors (Lipinski definition) is 3. The molecule has 1 unspecified atom stereocenters. The summed E-state index contributed by atoms with van der Waals surface area (Å²) in [6.45, 7) is 6.18. The van der Waals surface area contributed by atoms with E-state index in [1.807, 2.05) is 93.6 Å². The van der Waals surface area contributed by atoms with E-state index in [0.29, 0.717) is 18.7 Å². The van der Waals surface area contributed by atoms with Crippen LogP contribution in [0.4, 0.5) is 0 Å². The van der Waals surface area contributed by atoms with Gasteiger partial charge in [0.2, 0.25) is 5.91 Å². The molecule has 0 saturated carbocycles. The second kappa shape index (κ2) is 11.3. The Bertz CT molecular complexity index is 1100. The SMILES string of the molecule is CNC(=O)C(Cc1ccccc1)N(Cc1ccccc1C)C(=O)COc1cccc(C)c1C. The van der Waals surface area contributed by atoms with Gasteiger partial charge in [-0.1, -0.05) is 66.7 Å². The van der Waals surface area contributed by atoms with Gasteiger partial charge in [0, 0.05) is 20.0 Å². The van der Waals surface area contributed by atoms with Crippen molar-refractivity contribution in [1.82, 2.24) is 10.2 Å². The van der Waals surface area contributed by atoms with E-state index in [2.05, 4.69) is 5.32 Å². The van der Waals surface area contributed by atoms with Gasteiger partial charge < -0.3 is 15.0 Å². The van der Waals surface area contributed by atoms with Crippen LogP contribution in [0.3, 0.4) is 0 Å². The zero-order chi connectivity index (χ0) is 23.8. The van der Waals surface area contributed by atoms with Crippen LogP contribution in [0.2, 0.25) is 0 Å². The van der Waals surface area contributed by atoms with E-state index in [0.717, 1.165) is 27.8 Å². The van der Waals surface area contributed by atoms with Gasteiger partial charge in [-0.05, 0) is 54.7 Å². The van der Waals surface area contributed by atoms with E-state index in [-0.39, 0.29) is 18.4 Å². The Morgan fingerprint density at radius 2 is 1.55 bits per heavy atom. The van der Waals surface area contributed by atoms with Crippen LogP contribution >= 0.6 is 0 Å². The van der Waals surface area contributed by atoms with Crippen molar-refractivity contribution >= 4 is 11.8 Å². The summed E-state index contributed by atoms with van der Waals surface area (Å²) in [7, 11) is 1.60. The molecule has 3 aromatic carbocycles. The standard InChI is InChI=1S/C28H32N2O3/c1-20-12-10-16-26(22(20)3)33-19-27(31)30(18-24-15-9-8-11-21(24)2)25(28(32)29-4)17-23-13-6-5-7-14-23/h5-16,25H,17-19H2,1-4H3,(H,29,32). The fourth-order valence-corrected chi connectivity index (χ4v) is 3.79. The zero-order valence-corrected chi connectivity index (χ0v) is 19.8. The normalized spacial score (nSPS) is 11.5. The molecule has 0 fully saturated rings. The summed E-state index contributed by atoms with van der Waals surface area (Å²) in [6, 6.07) is 22.8. The van der Waals surface area contributed by atoms with Gasteiger partial charge in [0.15, 0.2) is 6.61 Å². The highest BCUT2D eigenvalue weighted by molar-refractivity contribution is 5.88. The van der Waals surface area contributed by atoms with E-state index >= 15 is 0 Å². The first kappa shape index (κ1) is 24.1. The fraction of sp³-hybridized carbons (Fsp3) is 0.286. The van der Waals surface area contributed by atoms with E-state index in [4.69, 9.17) is 4.74 Å². The van der Waals surface area contributed by atoms with Gasteiger partial charge in [-0.15, -0.1) is 0 Å². The molecule has 2 amide bonds. The Morgan fingerprint density at radius 3 is 2.24 bits per heavy atom. The van der Waals surface area contributed by atoms with Crippen molar-refractivity contribution in [3.05, 3.63) is 101 Å². The number of rotatable bonds is 9. The van der Waals surface area contributed by atoms with Crippen LogP contribution in [-0.4, -0.2) is 36.4 Å². The molecule has 0 saturated heterocycles. The first-order valence-electron chi connectivity index (χ1n) is 11.2. The molecular formula is C28H32N2O3. The van der Waals surface area contributed by atoms with Crippen LogP contribution in [-0.2, 0) is 22.6 Å². The average Bonchev–Trinajstić information content (AvgIpc) is 2.83. The maximum Gasteiger partial charge on any atom is 0.261 e.